The number of carbonyl (C=O) groups excluding carboxylic acids is 1. The Morgan fingerprint density at radius 2 is 2.13 bits per heavy atom. The van der Waals surface area contributed by atoms with Gasteiger partial charge in [-0.1, -0.05) is 12.1 Å². The summed E-state index contributed by atoms with van der Waals surface area (Å²) in [4.78, 5) is 15.7. The molecule has 2 aromatic heterocycles. The predicted octanol–water partition coefficient (Wildman–Crippen LogP) is 3.58. The quantitative estimate of drug-likeness (QED) is 0.898. The molecule has 1 atom stereocenters. The van der Waals surface area contributed by atoms with Crippen molar-refractivity contribution >= 4 is 17.2 Å². The molecule has 9 heteroatoms. The number of rotatable bonds is 5. The molecule has 0 saturated carbocycles. The minimum atomic E-state index is -4.48. The van der Waals surface area contributed by atoms with Gasteiger partial charge in [-0.25, -0.2) is 4.98 Å². The van der Waals surface area contributed by atoms with E-state index in [1.807, 2.05) is 0 Å². The summed E-state index contributed by atoms with van der Waals surface area (Å²) in [6.45, 7) is 5.21. The van der Waals surface area contributed by atoms with Gasteiger partial charge in [0, 0.05) is 10.9 Å². The van der Waals surface area contributed by atoms with Gasteiger partial charge in [0.25, 0.3) is 0 Å². The number of hydrogen-bond donors (Lipinski definition) is 1. The zero-order chi connectivity index (χ0) is 17.2. The molecule has 0 fully saturated rings. The molecule has 0 spiro atoms. The van der Waals surface area contributed by atoms with Crippen LogP contribution in [-0.2, 0) is 17.4 Å². The zero-order valence-corrected chi connectivity index (χ0v) is 13.6. The summed E-state index contributed by atoms with van der Waals surface area (Å²) < 4.78 is 42.8. The molecule has 2 rings (SSSR count). The molecule has 5 nitrogen and oxygen atoms in total. The van der Waals surface area contributed by atoms with Crippen molar-refractivity contribution in [2.45, 2.75) is 45.8 Å². The van der Waals surface area contributed by atoms with Gasteiger partial charge < -0.3 is 9.84 Å². The van der Waals surface area contributed by atoms with Crippen LogP contribution in [0.5, 0.6) is 0 Å². The summed E-state index contributed by atoms with van der Waals surface area (Å²) in [7, 11) is 0. The molecule has 0 aliphatic carbocycles. The molecule has 1 amide bonds. The molecule has 0 aliphatic heterocycles. The minimum absolute atomic E-state index is 0.0647. The minimum Gasteiger partial charge on any atom is -0.361 e. The van der Waals surface area contributed by atoms with Crippen LogP contribution in [0, 0.1) is 13.8 Å². The highest BCUT2D eigenvalue weighted by Gasteiger charge is 2.34. The molecule has 0 radical (unpaired) electrons. The molecule has 0 bridgehead atoms. The molecule has 0 aromatic carbocycles. The van der Waals surface area contributed by atoms with E-state index in [-0.39, 0.29) is 17.3 Å². The molecule has 0 saturated heterocycles. The highest BCUT2D eigenvalue weighted by Crippen LogP contribution is 2.32. The van der Waals surface area contributed by atoms with E-state index >= 15 is 0 Å². The average molecular weight is 347 g/mol. The van der Waals surface area contributed by atoms with Crippen molar-refractivity contribution in [3.05, 3.63) is 33.1 Å². The van der Waals surface area contributed by atoms with Crippen molar-refractivity contribution in [3.8, 4) is 0 Å². The number of aromatic nitrogens is 2. The fourth-order valence-corrected chi connectivity index (χ4v) is 3.04. The van der Waals surface area contributed by atoms with Gasteiger partial charge in [0.05, 0.1) is 18.2 Å². The van der Waals surface area contributed by atoms with Crippen LogP contribution >= 0.6 is 11.3 Å². The summed E-state index contributed by atoms with van der Waals surface area (Å²) in [6.07, 6.45) is -3.97. The first-order valence-electron chi connectivity index (χ1n) is 6.96. The van der Waals surface area contributed by atoms with E-state index in [9.17, 15) is 18.0 Å². The molecule has 2 aromatic rings. The number of amides is 1. The maximum Gasteiger partial charge on any atom is 0.434 e. The lowest BCUT2D eigenvalue weighted by molar-refractivity contribution is -0.140. The van der Waals surface area contributed by atoms with Gasteiger partial charge in [0.15, 0.2) is 5.69 Å². The van der Waals surface area contributed by atoms with E-state index in [1.54, 1.807) is 20.8 Å². The summed E-state index contributed by atoms with van der Waals surface area (Å²) in [5.74, 6) is 0.245. The molecule has 0 aliphatic rings. The van der Waals surface area contributed by atoms with Crippen molar-refractivity contribution in [2.75, 3.05) is 0 Å². The van der Waals surface area contributed by atoms with Gasteiger partial charge in [-0.05, 0) is 20.3 Å². The van der Waals surface area contributed by atoms with Crippen LogP contribution in [0.2, 0.25) is 0 Å². The van der Waals surface area contributed by atoms with Gasteiger partial charge in [0.2, 0.25) is 5.91 Å². The molecular weight excluding hydrogens is 331 g/mol. The number of aryl methyl sites for hydroxylation is 2. The van der Waals surface area contributed by atoms with Gasteiger partial charge in [-0.2, -0.15) is 13.2 Å². The normalized spacial score (nSPS) is 13.1. The van der Waals surface area contributed by atoms with Crippen molar-refractivity contribution in [3.63, 3.8) is 0 Å². The Hall–Kier alpha value is -1.90. The lowest BCUT2D eigenvalue weighted by Crippen LogP contribution is -2.29. The van der Waals surface area contributed by atoms with Gasteiger partial charge >= 0.3 is 6.18 Å². The fraction of sp³-hybridized carbons (Fsp3) is 0.500. The van der Waals surface area contributed by atoms with Crippen LogP contribution in [0.3, 0.4) is 0 Å². The second kappa shape index (κ2) is 6.69. The Kier molecular flexibility index (Phi) is 5.08. The third-order valence-corrected chi connectivity index (χ3v) is 4.33. The molecular formula is C14H16F3N3O2S. The maximum atomic E-state index is 12.6. The second-order valence-electron chi connectivity index (χ2n) is 5.08. The number of nitrogens with zero attached hydrogens (tertiary/aromatic N) is 2. The largest absolute Gasteiger partial charge is 0.434 e. The average Bonchev–Trinajstić information content (AvgIpc) is 3.07. The van der Waals surface area contributed by atoms with E-state index < -0.39 is 17.9 Å². The van der Waals surface area contributed by atoms with Gasteiger partial charge in [0.1, 0.15) is 10.8 Å². The first kappa shape index (κ1) is 17.5. The van der Waals surface area contributed by atoms with Crippen molar-refractivity contribution in [2.24, 2.45) is 0 Å². The van der Waals surface area contributed by atoms with Crippen molar-refractivity contribution < 1.29 is 22.5 Å². The number of carbonyl (C=O) groups is 1. The first-order chi connectivity index (χ1) is 10.7. The Balaban J connectivity index is 2.07. The second-order valence-corrected chi connectivity index (χ2v) is 5.97. The van der Waals surface area contributed by atoms with E-state index in [0.29, 0.717) is 23.4 Å². The number of halogens is 3. The zero-order valence-electron chi connectivity index (χ0n) is 12.8. The SMILES string of the molecule is CCC(NC(=O)Cc1c(C)noc1C)c1nc(C(F)(F)F)cs1. The standard InChI is InChI=1S/C14H16F3N3O2S/c1-4-10(13-19-11(6-23-13)14(15,16)17)18-12(21)5-9-7(2)20-22-8(9)3/h6,10H,4-5H2,1-3H3,(H,18,21). The number of hydrogen-bond acceptors (Lipinski definition) is 5. The van der Waals surface area contributed by atoms with E-state index in [1.165, 1.54) is 0 Å². The van der Waals surface area contributed by atoms with Crippen LogP contribution in [0.15, 0.2) is 9.90 Å². The monoisotopic (exact) mass is 347 g/mol. The lowest BCUT2D eigenvalue weighted by Gasteiger charge is -2.14. The predicted molar refractivity (Wildman–Crippen MR) is 78.0 cm³/mol. The summed E-state index contributed by atoms with van der Waals surface area (Å²) >= 11 is 0.889. The van der Waals surface area contributed by atoms with Crippen LogP contribution < -0.4 is 5.32 Å². The molecule has 1 unspecified atom stereocenters. The van der Waals surface area contributed by atoms with Crippen LogP contribution in [0.1, 0.15) is 47.1 Å². The third kappa shape index (κ3) is 4.10. The van der Waals surface area contributed by atoms with Crippen molar-refractivity contribution in [1.29, 1.82) is 0 Å². The van der Waals surface area contributed by atoms with E-state index in [2.05, 4.69) is 15.5 Å². The summed E-state index contributed by atoms with van der Waals surface area (Å²) in [5, 5.41) is 7.68. The Morgan fingerprint density at radius 1 is 1.43 bits per heavy atom. The smallest absolute Gasteiger partial charge is 0.361 e. The van der Waals surface area contributed by atoms with Crippen LogP contribution in [-0.4, -0.2) is 16.0 Å². The van der Waals surface area contributed by atoms with E-state index in [0.717, 1.165) is 16.7 Å². The molecule has 23 heavy (non-hydrogen) atoms. The lowest BCUT2D eigenvalue weighted by atomic mass is 10.1. The Labute approximate surface area is 134 Å². The maximum absolute atomic E-state index is 12.6. The summed E-state index contributed by atoms with van der Waals surface area (Å²) in [5.41, 5.74) is 0.377. The Morgan fingerprint density at radius 3 is 2.61 bits per heavy atom. The van der Waals surface area contributed by atoms with Gasteiger partial charge in [-0.15, -0.1) is 11.3 Å². The van der Waals surface area contributed by atoms with Crippen LogP contribution in [0.25, 0.3) is 0 Å². The molecule has 126 valence electrons. The third-order valence-electron chi connectivity index (χ3n) is 3.37. The van der Waals surface area contributed by atoms with Crippen molar-refractivity contribution in [1.82, 2.24) is 15.5 Å². The number of alkyl halides is 3. The number of thiazole rings is 1. The number of nitrogens with one attached hydrogen (secondary N) is 1. The molecule has 1 N–H and O–H groups in total. The van der Waals surface area contributed by atoms with E-state index in [4.69, 9.17) is 4.52 Å². The fourth-order valence-electron chi connectivity index (χ4n) is 2.08. The highest BCUT2D eigenvalue weighted by molar-refractivity contribution is 7.09. The van der Waals surface area contributed by atoms with Gasteiger partial charge in [-0.3, -0.25) is 4.79 Å². The summed E-state index contributed by atoms with van der Waals surface area (Å²) in [6, 6.07) is -0.552. The Bertz CT molecular complexity index is 674. The topological polar surface area (TPSA) is 68.0 Å². The molecule has 2 heterocycles. The first-order valence-corrected chi connectivity index (χ1v) is 7.84. The highest BCUT2D eigenvalue weighted by atomic mass is 32.1. The van der Waals surface area contributed by atoms with Crippen LogP contribution in [0.4, 0.5) is 13.2 Å².